The fraction of sp³-hybridized carbons (Fsp3) is 0.692. The maximum Gasteiger partial charge on any atom is 0.255 e. The molecule has 5 nitrogen and oxygen atoms in total. The number of hydrogen-bond donors (Lipinski definition) is 2. The van der Waals surface area contributed by atoms with Crippen LogP contribution in [0.2, 0.25) is 0 Å². The summed E-state index contributed by atoms with van der Waals surface area (Å²) in [5, 5.41) is 9.96. The molecule has 2 heterocycles. The molecule has 1 unspecified atom stereocenters. The van der Waals surface area contributed by atoms with E-state index in [1.54, 1.807) is 0 Å². The molecular weight excluding hydrogens is 230 g/mol. The maximum absolute atomic E-state index is 12.2. The summed E-state index contributed by atoms with van der Waals surface area (Å²) < 4.78 is 5.65. The lowest BCUT2D eigenvalue weighted by molar-refractivity contribution is -0.0615. The number of carbonyl (C=O) groups excluding carboxylic acids is 1. The zero-order valence-electron chi connectivity index (χ0n) is 11.5. The molecule has 2 rings (SSSR count). The normalized spacial score (nSPS) is 22.8. The summed E-state index contributed by atoms with van der Waals surface area (Å²) in [6.45, 7) is 8.51. The minimum Gasteiger partial charge on any atom is -0.375 e. The quantitative estimate of drug-likeness (QED) is 0.841. The molecule has 0 spiro atoms. The molecule has 0 radical (unpaired) electrons. The van der Waals surface area contributed by atoms with Gasteiger partial charge in [0.15, 0.2) is 0 Å². The number of H-pyrrole nitrogens is 1. The average molecular weight is 251 g/mol. The van der Waals surface area contributed by atoms with Crippen LogP contribution in [0.1, 0.15) is 48.4 Å². The van der Waals surface area contributed by atoms with Crippen molar-refractivity contribution in [3.8, 4) is 0 Å². The van der Waals surface area contributed by atoms with Gasteiger partial charge in [0, 0.05) is 18.3 Å². The minimum absolute atomic E-state index is 0.0403. The topological polar surface area (TPSA) is 67.0 Å². The molecule has 1 saturated heterocycles. The number of ether oxygens (including phenoxy) is 1. The molecule has 1 aromatic rings. The smallest absolute Gasteiger partial charge is 0.255 e. The Hall–Kier alpha value is -1.36. The van der Waals surface area contributed by atoms with Gasteiger partial charge in [-0.25, -0.2) is 0 Å². The van der Waals surface area contributed by atoms with E-state index >= 15 is 0 Å². The zero-order chi connectivity index (χ0) is 13.3. The van der Waals surface area contributed by atoms with E-state index in [9.17, 15) is 4.79 Å². The van der Waals surface area contributed by atoms with Crippen LogP contribution in [0, 0.1) is 13.8 Å². The van der Waals surface area contributed by atoms with E-state index in [-0.39, 0.29) is 17.6 Å². The average Bonchev–Trinajstić information content (AvgIpc) is 2.57. The second kappa shape index (κ2) is 4.72. The number of aromatic nitrogens is 2. The van der Waals surface area contributed by atoms with Gasteiger partial charge in [-0.2, -0.15) is 5.10 Å². The first kappa shape index (κ1) is 13.1. The van der Waals surface area contributed by atoms with Crippen LogP contribution < -0.4 is 5.32 Å². The van der Waals surface area contributed by atoms with Crippen LogP contribution in [0.25, 0.3) is 0 Å². The van der Waals surface area contributed by atoms with Crippen molar-refractivity contribution in [3.63, 3.8) is 0 Å². The van der Waals surface area contributed by atoms with Gasteiger partial charge in [-0.15, -0.1) is 0 Å². The summed E-state index contributed by atoms with van der Waals surface area (Å²) in [5.74, 6) is -0.0403. The molecule has 1 amide bonds. The van der Waals surface area contributed by atoms with Crippen molar-refractivity contribution in [2.24, 2.45) is 0 Å². The molecule has 1 aliphatic heterocycles. The molecule has 100 valence electrons. The van der Waals surface area contributed by atoms with Gasteiger partial charge in [-0.05, 0) is 40.5 Å². The second-order valence-corrected chi connectivity index (χ2v) is 5.58. The number of rotatable bonds is 2. The highest BCUT2D eigenvalue weighted by molar-refractivity contribution is 5.96. The number of aryl methyl sites for hydroxylation is 2. The van der Waals surface area contributed by atoms with E-state index in [4.69, 9.17) is 4.74 Å². The van der Waals surface area contributed by atoms with Gasteiger partial charge in [0.05, 0.1) is 16.9 Å². The van der Waals surface area contributed by atoms with Gasteiger partial charge >= 0.3 is 0 Å². The lowest BCUT2D eigenvalue weighted by Gasteiger charge is -2.35. The molecule has 2 N–H and O–H groups in total. The summed E-state index contributed by atoms with van der Waals surface area (Å²) in [4.78, 5) is 12.2. The number of hydrogen-bond acceptors (Lipinski definition) is 3. The van der Waals surface area contributed by atoms with Crippen molar-refractivity contribution < 1.29 is 9.53 Å². The third kappa shape index (κ3) is 2.72. The van der Waals surface area contributed by atoms with Gasteiger partial charge in [0.2, 0.25) is 0 Å². The highest BCUT2D eigenvalue weighted by atomic mass is 16.5. The molecule has 0 saturated carbocycles. The second-order valence-electron chi connectivity index (χ2n) is 5.58. The number of nitrogens with one attached hydrogen (secondary N) is 2. The summed E-state index contributed by atoms with van der Waals surface area (Å²) in [6, 6.07) is 0.176. The van der Waals surface area contributed by atoms with Crippen LogP contribution in [0.5, 0.6) is 0 Å². The van der Waals surface area contributed by atoms with Crippen LogP contribution in [0.4, 0.5) is 0 Å². The Bertz CT molecular complexity index is 432. The number of aromatic amines is 1. The Morgan fingerprint density at radius 3 is 2.78 bits per heavy atom. The van der Waals surface area contributed by atoms with Crippen molar-refractivity contribution in [2.45, 2.75) is 52.2 Å². The molecule has 18 heavy (non-hydrogen) atoms. The van der Waals surface area contributed by atoms with E-state index in [1.165, 1.54) is 0 Å². The zero-order valence-corrected chi connectivity index (χ0v) is 11.5. The summed E-state index contributed by atoms with van der Waals surface area (Å²) in [5.41, 5.74) is 2.07. The molecule has 1 aromatic heterocycles. The molecule has 0 aromatic carbocycles. The van der Waals surface area contributed by atoms with E-state index < -0.39 is 0 Å². The Morgan fingerprint density at radius 1 is 1.50 bits per heavy atom. The fourth-order valence-electron chi connectivity index (χ4n) is 2.50. The van der Waals surface area contributed by atoms with Gasteiger partial charge in [-0.1, -0.05) is 0 Å². The van der Waals surface area contributed by atoms with Crippen molar-refractivity contribution in [2.75, 3.05) is 6.61 Å². The largest absolute Gasteiger partial charge is 0.375 e. The molecule has 1 atom stereocenters. The fourth-order valence-corrected chi connectivity index (χ4v) is 2.50. The van der Waals surface area contributed by atoms with Crippen molar-refractivity contribution in [3.05, 3.63) is 17.0 Å². The van der Waals surface area contributed by atoms with Crippen LogP contribution in [0.15, 0.2) is 0 Å². The first-order valence-corrected chi connectivity index (χ1v) is 6.35. The number of carbonyl (C=O) groups is 1. The lowest BCUT2D eigenvalue weighted by Crippen LogP contribution is -2.46. The molecular formula is C13H21N3O2. The van der Waals surface area contributed by atoms with Gasteiger partial charge < -0.3 is 10.1 Å². The Balaban J connectivity index is 2.04. The Morgan fingerprint density at radius 2 is 2.22 bits per heavy atom. The van der Waals surface area contributed by atoms with Gasteiger partial charge in [-0.3, -0.25) is 9.89 Å². The first-order valence-electron chi connectivity index (χ1n) is 6.35. The monoisotopic (exact) mass is 251 g/mol. The number of nitrogens with zero attached hydrogens (tertiary/aromatic N) is 1. The predicted molar refractivity (Wildman–Crippen MR) is 68.6 cm³/mol. The SMILES string of the molecule is Cc1n[nH]c(C)c1C(=O)NC1CCOC(C)(C)C1. The molecule has 0 aliphatic carbocycles. The van der Waals surface area contributed by atoms with Gasteiger partial charge in [0.1, 0.15) is 0 Å². The molecule has 0 bridgehead atoms. The number of amides is 1. The summed E-state index contributed by atoms with van der Waals surface area (Å²) in [7, 11) is 0. The highest BCUT2D eigenvalue weighted by Gasteiger charge is 2.30. The Labute approximate surface area is 107 Å². The first-order chi connectivity index (χ1) is 8.39. The van der Waals surface area contributed by atoms with E-state index in [2.05, 4.69) is 29.4 Å². The van der Waals surface area contributed by atoms with Crippen LogP contribution >= 0.6 is 0 Å². The highest BCUT2D eigenvalue weighted by Crippen LogP contribution is 2.24. The summed E-state index contributed by atoms with van der Waals surface area (Å²) >= 11 is 0. The third-order valence-electron chi connectivity index (χ3n) is 3.39. The maximum atomic E-state index is 12.2. The van der Waals surface area contributed by atoms with Gasteiger partial charge in [0.25, 0.3) is 5.91 Å². The third-order valence-corrected chi connectivity index (χ3v) is 3.39. The lowest BCUT2D eigenvalue weighted by atomic mass is 9.93. The van der Waals surface area contributed by atoms with Crippen LogP contribution in [-0.4, -0.2) is 34.4 Å². The van der Waals surface area contributed by atoms with Crippen molar-refractivity contribution >= 4 is 5.91 Å². The molecule has 1 aliphatic rings. The standard InChI is InChI=1S/C13H21N3O2/c1-8-11(9(2)16-15-8)12(17)14-10-5-6-18-13(3,4)7-10/h10H,5-7H2,1-4H3,(H,14,17)(H,15,16). The summed E-state index contributed by atoms with van der Waals surface area (Å²) in [6.07, 6.45) is 1.71. The van der Waals surface area contributed by atoms with E-state index in [0.29, 0.717) is 12.2 Å². The van der Waals surface area contributed by atoms with Crippen LogP contribution in [0.3, 0.4) is 0 Å². The predicted octanol–water partition coefficient (Wildman–Crippen LogP) is 1.71. The van der Waals surface area contributed by atoms with Crippen molar-refractivity contribution in [1.82, 2.24) is 15.5 Å². The molecule has 5 heteroatoms. The van der Waals surface area contributed by atoms with E-state index in [0.717, 1.165) is 24.2 Å². The van der Waals surface area contributed by atoms with E-state index in [1.807, 2.05) is 13.8 Å². The Kier molecular flexibility index (Phi) is 3.43. The molecule has 1 fully saturated rings. The van der Waals surface area contributed by atoms with Crippen molar-refractivity contribution in [1.29, 1.82) is 0 Å². The van der Waals surface area contributed by atoms with Crippen LogP contribution in [-0.2, 0) is 4.74 Å². The minimum atomic E-state index is -0.156.